The fraction of sp³-hybridized carbons (Fsp3) is 0.250. The van der Waals surface area contributed by atoms with Gasteiger partial charge in [-0.15, -0.1) is 10.2 Å². The van der Waals surface area contributed by atoms with Crippen LogP contribution in [0.1, 0.15) is 18.8 Å². The van der Waals surface area contributed by atoms with Crippen molar-refractivity contribution in [3.8, 4) is 16.9 Å². The lowest BCUT2D eigenvalue weighted by atomic mass is 10.1. The second-order valence-electron chi connectivity index (χ2n) is 5.52. The highest BCUT2D eigenvalue weighted by Crippen LogP contribution is 2.32. The van der Waals surface area contributed by atoms with E-state index in [9.17, 15) is 8.42 Å². The maximum Gasteiger partial charge on any atom is 0.241 e. The van der Waals surface area contributed by atoms with Crippen LogP contribution in [0.4, 0.5) is 0 Å². The number of aryl methyl sites for hydroxylation is 1. The van der Waals surface area contributed by atoms with Crippen molar-refractivity contribution in [2.75, 3.05) is 7.11 Å². The zero-order valence-electron chi connectivity index (χ0n) is 14.0. The molecule has 132 valence electrons. The largest absolute Gasteiger partial charge is 0.496 e. The first-order chi connectivity index (χ1) is 11.9. The molecule has 0 radical (unpaired) electrons. The molecule has 0 saturated heterocycles. The molecule has 1 N–H and O–H groups in total. The number of nitrogens with one attached hydrogen (secondary N) is 1. The second-order valence-corrected chi connectivity index (χ2v) is 7.23. The molecular formula is C16H18N4O4S. The van der Waals surface area contributed by atoms with Gasteiger partial charge < -0.3 is 13.7 Å². The maximum atomic E-state index is 12.7. The van der Waals surface area contributed by atoms with Crippen molar-refractivity contribution < 1.29 is 17.6 Å². The average Bonchev–Trinajstić information content (AvgIpc) is 3.25. The third-order valence-electron chi connectivity index (χ3n) is 3.78. The summed E-state index contributed by atoms with van der Waals surface area (Å²) in [5.74, 6) is 1.08. The van der Waals surface area contributed by atoms with E-state index in [1.807, 2.05) is 0 Å². The van der Waals surface area contributed by atoms with Crippen LogP contribution in [0.15, 0.2) is 52.4 Å². The highest BCUT2D eigenvalue weighted by atomic mass is 32.2. The Morgan fingerprint density at radius 1 is 1.32 bits per heavy atom. The molecule has 2 heterocycles. The van der Waals surface area contributed by atoms with Crippen LogP contribution in [-0.4, -0.2) is 30.3 Å². The predicted octanol–water partition coefficient (Wildman–Crippen LogP) is 2.12. The Morgan fingerprint density at radius 2 is 2.12 bits per heavy atom. The molecule has 25 heavy (non-hydrogen) atoms. The SMILES string of the molecule is COc1ccc(S(=O)(=O)NC(C)c2nncn2C)cc1-c1ccoc1. The fourth-order valence-corrected chi connectivity index (χ4v) is 3.76. The quantitative estimate of drug-likeness (QED) is 0.721. The molecule has 1 atom stereocenters. The maximum absolute atomic E-state index is 12.7. The monoisotopic (exact) mass is 362 g/mol. The van der Waals surface area contributed by atoms with Gasteiger partial charge in [0.15, 0.2) is 0 Å². The molecule has 3 rings (SSSR count). The van der Waals surface area contributed by atoms with Gasteiger partial charge in [0.05, 0.1) is 30.6 Å². The van der Waals surface area contributed by atoms with E-state index in [0.29, 0.717) is 17.1 Å². The van der Waals surface area contributed by atoms with E-state index in [4.69, 9.17) is 9.15 Å². The summed E-state index contributed by atoms with van der Waals surface area (Å²) in [4.78, 5) is 0.124. The van der Waals surface area contributed by atoms with Crippen molar-refractivity contribution in [2.45, 2.75) is 17.9 Å². The van der Waals surface area contributed by atoms with Crippen LogP contribution in [0.25, 0.3) is 11.1 Å². The van der Waals surface area contributed by atoms with Crippen LogP contribution < -0.4 is 9.46 Å². The van der Waals surface area contributed by atoms with Gasteiger partial charge in [-0.25, -0.2) is 13.1 Å². The number of hydrogen-bond donors (Lipinski definition) is 1. The predicted molar refractivity (Wildman–Crippen MR) is 90.4 cm³/mol. The van der Waals surface area contributed by atoms with E-state index >= 15 is 0 Å². The first-order valence-corrected chi connectivity index (χ1v) is 8.97. The minimum Gasteiger partial charge on any atom is -0.496 e. The summed E-state index contributed by atoms with van der Waals surface area (Å²) in [6.45, 7) is 1.71. The Hall–Kier alpha value is -2.65. The number of hydrogen-bond acceptors (Lipinski definition) is 6. The Bertz CT molecular complexity index is 964. The standard InChI is InChI=1S/C16H18N4O4S/c1-11(16-18-17-10-20(16)2)19-25(21,22)13-4-5-15(23-3)14(8-13)12-6-7-24-9-12/h4-11,19H,1-3H3. The summed E-state index contributed by atoms with van der Waals surface area (Å²) in [6, 6.07) is 5.87. The molecule has 1 aromatic carbocycles. The van der Waals surface area contributed by atoms with Crippen molar-refractivity contribution in [2.24, 2.45) is 7.05 Å². The van der Waals surface area contributed by atoms with Crippen LogP contribution in [0.2, 0.25) is 0 Å². The molecule has 2 aromatic heterocycles. The highest BCUT2D eigenvalue weighted by molar-refractivity contribution is 7.89. The number of nitrogens with zero attached hydrogens (tertiary/aromatic N) is 3. The summed E-state index contributed by atoms with van der Waals surface area (Å²) in [5, 5.41) is 7.70. The lowest BCUT2D eigenvalue weighted by Crippen LogP contribution is -2.28. The van der Waals surface area contributed by atoms with Crippen molar-refractivity contribution in [1.29, 1.82) is 0 Å². The number of benzene rings is 1. The first kappa shape index (κ1) is 17.2. The molecule has 3 aromatic rings. The Morgan fingerprint density at radius 3 is 2.72 bits per heavy atom. The third-order valence-corrected chi connectivity index (χ3v) is 5.32. The van der Waals surface area contributed by atoms with E-state index < -0.39 is 16.1 Å². The number of furan rings is 1. The van der Waals surface area contributed by atoms with Gasteiger partial charge in [0.2, 0.25) is 10.0 Å². The van der Waals surface area contributed by atoms with Gasteiger partial charge in [-0.05, 0) is 31.2 Å². The number of aromatic nitrogens is 3. The molecule has 0 aliphatic rings. The highest BCUT2D eigenvalue weighted by Gasteiger charge is 2.22. The van der Waals surface area contributed by atoms with E-state index in [-0.39, 0.29) is 4.90 Å². The normalized spacial score (nSPS) is 12.9. The van der Waals surface area contributed by atoms with Gasteiger partial charge >= 0.3 is 0 Å². The third kappa shape index (κ3) is 3.42. The van der Waals surface area contributed by atoms with Crippen molar-refractivity contribution in [3.05, 3.63) is 48.9 Å². The average molecular weight is 362 g/mol. The summed E-state index contributed by atoms with van der Waals surface area (Å²) in [5.41, 5.74) is 1.36. The molecular weight excluding hydrogens is 344 g/mol. The van der Waals surface area contributed by atoms with Crippen LogP contribution in [0.5, 0.6) is 5.75 Å². The summed E-state index contributed by atoms with van der Waals surface area (Å²) in [6.07, 6.45) is 4.57. The molecule has 0 amide bonds. The van der Waals surface area contributed by atoms with E-state index in [1.54, 1.807) is 36.7 Å². The zero-order chi connectivity index (χ0) is 18.0. The lowest BCUT2D eigenvalue weighted by Gasteiger charge is -2.15. The van der Waals surface area contributed by atoms with Gasteiger partial charge in [0, 0.05) is 18.2 Å². The van der Waals surface area contributed by atoms with E-state index in [2.05, 4.69) is 14.9 Å². The minimum absolute atomic E-state index is 0.124. The lowest BCUT2D eigenvalue weighted by molar-refractivity contribution is 0.416. The number of rotatable bonds is 6. The molecule has 0 saturated carbocycles. The minimum atomic E-state index is -3.76. The van der Waals surface area contributed by atoms with Gasteiger partial charge in [-0.1, -0.05) is 0 Å². The first-order valence-electron chi connectivity index (χ1n) is 7.49. The molecule has 1 unspecified atom stereocenters. The van der Waals surface area contributed by atoms with Crippen molar-refractivity contribution in [1.82, 2.24) is 19.5 Å². The number of sulfonamides is 1. The van der Waals surface area contributed by atoms with Gasteiger partial charge in [0.25, 0.3) is 0 Å². The molecule has 0 aliphatic heterocycles. The Labute approximate surface area is 145 Å². The Balaban J connectivity index is 1.95. The van der Waals surface area contributed by atoms with Crippen molar-refractivity contribution >= 4 is 10.0 Å². The summed E-state index contributed by atoms with van der Waals surface area (Å²) < 4.78 is 40.1. The molecule has 0 aliphatic carbocycles. The molecule has 0 bridgehead atoms. The van der Waals surface area contributed by atoms with E-state index in [1.165, 1.54) is 32.0 Å². The smallest absolute Gasteiger partial charge is 0.241 e. The van der Waals surface area contributed by atoms with Crippen LogP contribution >= 0.6 is 0 Å². The molecule has 8 nitrogen and oxygen atoms in total. The topological polar surface area (TPSA) is 99.3 Å². The molecule has 0 spiro atoms. The second kappa shape index (κ2) is 6.69. The zero-order valence-corrected chi connectivity index (χ0v) is 14.8. The Kier molecular flexibility index (Phi) is 4.60. The fourth-order valence-electron chi connectivity index (χ4n) is 2.54. The van der Waals surface area contributed by atoms with Gasteiger partial charge in [0.1, 0.15) is 17.9 Å². The van der Waals surface area contributed by atoms with Crippen LogP contribution in [-0.2, 0) is 17.1 Å². The number of ether oxygens (including phenoxy) is 1. The van der Waals surface area contributed by atoms with Gasteiger partial charge in [-0.3, -0.25) is 0 Å². The molecule has 9 heteroatoms. The van der Waals surface area contributed by atoms with Crippen molar-refractivity contribution in [3.63, 3.8) is 0 Å². The number of methoxy groups -OCH3 is 1. The van der Waals surface area contributed by atoms with E-state index in [0.717, 1.165) is 5.56 Å². The van der Waals surface area contributed by atoms with Crippen LogP contribution in [0, 0.1) is 0 Å². The summed E-state index contributed by atoms with van der Waals surface area (Å²) >= 11 is 0. The summed E-state index contributed by atoms with van der Waals surface area (Å²) in [7, 11) is -0.474. The van der Waals surface area contributed by atoms with Crippen LogP contribution in [0.3, 0.4) is 0 Å². The molecule has 0 fully saturated rings. The van der Waals surface area contributed by atoms with Gasteiger partial charge in [-0.2, -0.15) is 0 Å².